The lowest BCUT2D eigenvalue weighted by Crippen LogP contribution is -2.06. The summed E-state index contributed by atoms with van der Waals surface area (Å²) in [4.78, 5) is 11.3. The average molecular weight is 204 g/mol. The third-order valence-electron chi connectivity index (χ3n) is 1.97. The van der Waals surface area contributed by atoms with Crippen molar-refractivity contribution < 1.29 is 9.53 Å². The van der Waals surface area contributed by atoms with Gasteiger partial charge in [-0.05, 0) is 26.3 Å². The van der Waals surface area contributed by atoms with Gasteiger partial charge in [-0.15, -0.1) is 0 Å². The first-order valence-electron chi connectivity index (χ1n) is 5.00. The van der Waals surface area contributed by atoms with E-state index in [0.717, 1.165) is 11.1 Å². The standard InChI is InChI=1S/C13H16O2/c1-10(2)9-13(14)15-11(3)12-7-5-4-6-8-12/h4-9,11H,1-3H3. The first-order valence-corrected chi connectivity index (χ1v) is 5.00. The summed E-state index contributed by atoms with van der Waals surface area (Å²) >= 11 is 0. The topological polar surface area (TPSA) is 26.3 Å². The maximum Gasteiger partial charge on any atom is 0.331 e. The van der Waals surface area contributed by atoms with E-state index in [1.165, 1.54) is 6.08 Å². The van der Waals surface area contributed by atoms with Crippen LogP contribution in [0.3, 0.4) is 0 Å². The lowest BCUT2D eigenvalue weighted by molar-refractivity contribution is -0.142. The second-order valence-corrected chi connectivity index (χ2v) is 3.71. The number of esters is 1. The molecule has 0 saturated carbocycles. The highest BCUT2D eigenvalue weighted by atomic mass is 16.5. The largest absolute Gasteiger partial charge is 0.455 e. The molecule has 0 N–H and O–H groups in total. The summed E-state index contributed by atoms with van der Waals surface area (Å²) in [5.41, 5.74) is 1.95. The van der Waals surface area contributed by atoms with E-state index >= 15 is 0 Å². The number of carbonyl (C=O) groups excluding carboxylic acids is 1. The van der Waals surface area contributed by atoms with Gasteiger partial charge in [0, 0.05) is 6.08 Å². The van der Waals surface area contributed by atoms with Crippen molar-refractivity contribution in [3.05, 3.63) is 47.5 Å². The Morgan fingerprint density at radius 1 is 1.27 bits per heavy atom. The summed E-state index contributed by atoms with van der Waals surface area (Å²) < 4.78 is 5.23. The van der Waals surface area contributed by atoms with Crippen molar-refractivity contribution in [3.8, 4) is 0 Å². The highest BCUT2D eigenvalue weighted by Gasteiger charge is 2.08. The van der Waals surface area contributed by atoms with Crippen LogP contribution in [-0.2, 0) is 9.53 Å². The number of ether oxygens (including phenoxy) is 1. The molecule has 80 valence electrons. The van der Waals surface area contributed by atoms with Crippen molar-refractivity contribution in [2.45, 2.75) is 26.9 Å². The number of rotatable bonds is 3. The van der Waals surface area contributed by atoms with Gasteiger partial charge in [0.05, 0.1) is 0 Å². The molecular weight excluding hydrogens is 188 g/mol. The van der Waals surface area contributed by atoms with Crippen LogP contribution in [0.4, 0.5) is 0 Å². The zero-order chi connectivity index (χ0) is 11.3. The van der Waals surface area contributed by atoms with Crippen molar-refractivity contribution in [2.75, 3.05) is 0 Å². The lowest BCUT2D eigenvalue weighted by atomic mass is 10.1. The molecule has 0 aliphatic heterocycles. The lowest BCUT2D eigenvalue weighted by Gasteiger charge is -2.11. The summed E-state index contributed by atoms with van der Waals surface area (Å²) in [6, 6.07) is 9.69. The summed E-state index contributed by atoms with van der Waals surface area (Å²) in [5, 5.41) is 0. The molecule has 0 radical (unpaired) electrons. The molecule has 0 aromatic heterocycles. The van der Waals surface area contributed by atoms with Crippen LogP contribution >= 0.6 is 0 Å². The minimum absolute atomic E-state index is 0.200. The molecule has 0 heterocycles. The molecular formula is C13H16O2. The van der Waals surface area contributed by atoms with Crippen LogP contribution in [0.5, 0.6) is 0 Å². The normalized spacial score (nSPS) is 11.7. The fourth-order valence-corrected chi connectivity index (χ4v) is 1.24. The van der Waals surface area contributed by atoms with Crippen LogP contribution < -0.4 is 0 Å². The average Bonchev–Trinajstić information content (AvgIpc) is 2.17. The maximum absolute atomic E-state index is 11.3. The number of allylic oxidation sites excluding steroid dienone is 1. The molecule has 0 amide bonds. The number of carbonyl (C=O) groups is 1. The minimum atomic E-state index is -0.286. The van der Waals surface area contributed by atoms with E-state index in [4.69, 9.17) is 4.74 Å². The van der Waals surface area contributed by atoms with Crippen LogP contribution in [-0.4, -0.2) is 5.97 Å². The van der Waals surface area contributed by atoms with Crippen molar-refractivity contribution >= 4 is 5.97 Å². The van der Waals surface area contributed by atoms with Gasteiger partial charge in [0.15, 0.2) is 0 Å². The first-order chi connectivity index (χ1) is 7.09. The van der Waals surface area contributed by atoms with Crippen molar-refractivity contribution in [1.82, 2.24) is 0 Å². The molecule has 0 saturated heterocycles. The van der Waals surface area contributed by atoms with Crippen molar-refractivity contribution in [2.24, 2.45) is 0 Å². The molecule has 1 atom stereocenters. The van der Waals surface area contributed by atoms with Crippen LogP contribution in [0.1, 0.15) is 32.4 Å². The zero-order valence-corrected chi connectivity index (χ0v) is 9.36. The van der Waals surface area contributed by atoms with Gasteiger partial charge < -0.3 is 4.74 Å². The van der Waals surface area contributed by atoms with Gasteiger partial charge in [0.25, 0.3) is 0 Å². The Bertz CT molecular complexity index is 348. The van der Waals surface area contributed by atoms with Gasteiger partial charge in [-0.2, -0.15) is 0 Å². The number of hydrogen-bond donors (Lipinski definition) is 0. The van der Waals surface area contributed by atoms with E-state index in [0.29, 0.717) is 0 Å². The Morgan fingerprint density at radius 3 is 2.40 bits per heavy atom. The fraction of sp³-hybridized carbons (Fsp3) is 0.308. The highest BCUT2D eigenvalue weighted by Crippen LogP contribution is 2.16. The summed E-state index contributed by atoms with van der Waals surface area (Å²) in [6.07, 6.45) is 1.30. The monoisotopic (exact) mass is 204 g/mol. The van der Waals surface area contributed by atoms with Crippen LogP contribution in [0, 0.1) is 0 Å². The van der Waals surface area contributed by atoms with Gasteiger partial charge in [0.1, 0.15) is 6.10 Å². The van der Waals surface area contributed by atoms with E-state index < -0.39 is 0 Å². The third kappa shape index (κ3) is 3.98. The SMILES string of the molecule is CC(C)=CC(=O)OC(C)c1ccccc1. The molecule has 0 spiro atoms. The van der Waals surface area contributed by atoms with Gasteiger partial charge in [0.2, 0.25) is 0 Å². The molecule has 15 heavy (non-hydrogen) atoms. The third-order valence-corrected chi connectivity index (χ3v) is 1.97. The summed E-state index contributed by atoms with van der Waals surface area (Å²) in [7, 11) is 0. The smallest absolute Gasteiger partial charge is 0.331 e. The summed E-state index contributed by atoms with van der Waals surface area (Å²) in [5.74, 6) is -0.286. The Balaban J connectivity index is 2.61. The van der Waals surface area contributed by atoms with Gasteiger partial charge in [-0.1, -0.05) is 35.9 Å². The number of benzene rings is 1. The van der Waals surface area contributed by atoms with Crippen molar-refractivity contribution in [3.63, 3.8) is 0 Å². The zero-order valence-electron chi connectivity index (χ0n) is 9.36. The Labute approximate surface area is 90.6 Å². The van der Waals surface area contributed by atoms with E-state index in [2.05, 4.69) is 0 Å². The predicted octanol–water partition coefficient (Wildman–Crippen LogP) is 3.26. The van der Waals surface area contributed by atoms with Crippen LogP contribution in [0.15, 0.2) is 42.0 Å². The van der Waals surface area contributed by atoms with Gasteiger partial charge in [-0.3, -0.25) is 0 Å². The molecule has 0 aliphatic rings. The van der Waals surface area contributed by atoms with E-state index in [9.17, 15) is 4.79 Å². The van der Waals surface area contributed by atoms with Crippen LogP contribution in [0.25, 0.3) is 0 Å². The number of hydrogen-bond acceptors (Lipinski definition) is 2. The van der Waals surface area contributed by atoms with Gasteiger partial charge >= 0.3 is 5.97 Å². The second kappa shape index (κ2) is 5.35. The quantitative estimate of drug-likeness (QED) is 0.558. The molecule has 0 bridgehead atoms. The highest BCUT2D eigenvalue weighted by molar-refractivity contribution is 5.82. The molecule has 1 unspecified atom stereocenters. The molecule has 1 rings (SSSR count). The summed E-state index contributed by atoms with van der Waals surface area (Å²) in [6.45, 7) is 5.61. The van der Waals surface area contributed by atoms with E-state index in [-0.39, 0.29) is 12.1 Å². The molecule has 0 aliphatic carbocycles. The Kier molecular flexibility index (Phi) is 4.10. The van der Waals surface area contributed by atoms with Gasteiger partial charge in [-0.25, -0.2) is 4.79 Å². The first kappa shape index (κ1) is 11.5. The Morgan fingerprint density at radius 2 is 1.87 bits per heavy atom. The second-order valence-electron chi connectivity index (χ2n) is 3.71. The minimum Gasteiger partial charge on any atom is -0.455 e. The van der Waals surface area contributed by atoms with Crippen molar-refractivity contribution in [1.29, 1.82) is 0 Å². The van der Waals surface area contributed by atoms with Crippen LogP contribution in [0.2, 0.25) is 0 Å². The fourth-order valence-electron chi connectivity index (χ4n) is 1.24. The van der Waals surface area contributed by atoms with E-state index in [1.807, 2.05) is 51.1 Å². The molecule has 1 aromatic carbocycles. The maximum atomic E-state index is 11.3. The Hall–Kier alpha value is -1.57. The van der Waals surface area contributed by atoms with E-state index in [1.54, 1.807) is 0 Å². The predicted molar refractivity (Wildman–Crippen MR) is 60.4 cm³/mol. The molecule has 2 nitrogen and oxygen atoms in total. The molecule has 2 heteroatoms. The molecule has 0 fully saturated rings. The molecule has 1 aromatic rings.